The third kappa shape index (κ3) is 4.31. The monoisotopic (exact) mass is 574 g/mol. The first-order valence-electron chi connectivity index (χ1n) is 15.7. The fourth-order valence-electron chi connectivity index (χ4n) is 7.31. The number of ether oxygens (including phenoxy) is 1. The highest BCUT2D eigenvalue weighted by Crippen LogP contribution is 2.48. The van der Waals surface area contributed by atoms with Gasteiger partial charge in [0.25, 0.3) is 0 Å². The molecule has 0 radical (unpaired) electrons. The molecule has 0 bridgehead atoms. The lowest BCUT2D eigenvalue weighted by Crippen LogP contribution is -2.17. The van der Waals surface area contributed by atoms with Crippen LogP contribution in [-0.4, -0.2) is 6.10 Å². The molecule has 1 nitrogen and oxygen atoms in total. The summed E-state index contributed by atoms with van der Waals surface area (Å²) in [7, 11) is 0. The molecule has 1 heterocycles. The van der Waals surface area contributed by atoms with Crippen LogP contribution in [0, 0.1) is 0 Å². The van der Waals surface area contributed by atoms with Crippen molar-refractivity contribution in [2.75, 3.05) is 0 Å². The van der Waals surface area contributed by atoms with Crippen LogP contribution >= 0.6 is 0 Å². The Kier molecular flexibility index (Phi) is 6.02. The Morgan fingerprint density at radius 1 is 0.422 bits per heavy atom. The van der Waals surface area contributed by atoms with Gasteiger partial charge < -0.3 is 4.74 Å². The quantitative estimate of drug-likeness (QED) is 0.190. The molecule has 0 saturated carbocycles. The molecule has 212 valence electrons. The largest absolute Gasteiger partial charge is 0.485 e. The fraction of sp³-hybridized carbons (Fsp3) is 0.0455. The minimum absolute atomic E-state index is 0.00676. The van der Waals surface area contributed by atoms with Gasteiger partial charge in [0, 0.05) is 11.5 Å². The van der Waals surface area contributed by atoms with Gasteiger partial charge in [0.15, 0.2) is 0 Å². The van der Waals surface area contributed by atoms with Crippen LogP contribution in [0.2, 0.25) is 0 Å². The first kappa shape index (κ1) is 25.8. The van der Waals surface area contributed by atoms with Gasteiger partial charge in [-0.2, -0.15) is 0 Å². The number of fused-ring (bicyclic) bond motifs is 5. The molecule has 0 spiro atoms. The first-order chi connectivity index (χ1) is 22.3. The minimum Gasteiger partial charge on any atom is -0.485 e. The van der Waals surface area contributed by atoms with E-state index in [1.807, 2.05) is 0 Å². The third-order valence-electron chi connectivity index (χ3n) is 9.40. The van der Waals surface area contributed by atoms with Crippen molar-refractivity contribution in [3.8, 4) is 39.1 Å². The molecule has 0 saturated heterocycles. The molecular weight excluding hydrogens is 544 g/mol. The van der Waals surface area contributed by atoms with Gasteiger partial charge in [-0.25, -0.2) is 0 Å². The third-order valence-corrected chi connectivity index (χ3v) is 9.40. The molecule has 9 rings (SSSR count). The topological polar surface area (TPSA) is 9.23 Å². The zero-order valence-corrected chi connectivity index (χ0v) is 24.7. The summed E-state index contributed by atoms with van der Waals surface area (Å²) in [5.41, 5.74) is 11.1. The zero-order valence-electron chi connectivity index (χ0n) is 24.7. The molecule has 1 aliphatic carbocycles. The van der Waals surface area contributed by atoms with Crippen molar-refractivity contribution in [1.82, 2.24) is 0 Å². The molecule has 2 atom stereocenters. The van der Waals surface area contributed by atoms with Crippen molar-refractivity contribution < 1.29 is 4.74 Å². The smallest absolute Gasteiger partial charge is 0.128 e. The van der Waals surface area contributed by atoms with E-state index in [0.29, 0.717) is 0 Å². The van der Waals surface area contributed by atoms with E-state index in [9.17, 15) is 0 Å². The molecule has 1 aliphatic heterocycles. The Labute approximate surface area is 263 Å². The molecule has 7 aromatic rings. The molecular formula is C44H30O. The van der Waals surface area contributed by atoms with Gasteiger partial charge in [-0.1, -0.05) is 152 Å². The Balaban J connectivity index is 1.21. The molecule has 0 aromatic heterocycles. The second-order valence-corrected chi connectivity index (χ2v) is 12.0. The van der Waals surface area contributed by atoms with Crippen molar-refractivity contribution >= 4 is 27.1 Å². The molecule has 2 aliphatic rings. The van der Waals surface area contributed by atoms with Crippen LogP contribution < -0.4 is 4.74 Å². The lowest BCUT2D eigenvalue weighted by molar-refractivity contribution is 0.269. The van der Waals surface area contributed by atoms with E-state index in [2.05, 4.69) is 170 Å². The highest BCUT2D eigenvalue weighted by atomic mass is 16.5. The number of allylic oxidation sites excluding steroid dienone is 2. The Bertz CT molecular complexity index is 2240. The fourth-order valence-corrected chi connectivity index (χ4v) is 7.31. The molecule has 0 amide bonds. The Hall–Kier alpha value is -5.66. The van der Waals surface area contributed by atoms with Gasteiger partial charge in [-0.15, -0.1) is 0 Å². The van der Waals surface area contributed by atoms with Crippen LogP contribution in [0.25, 0.3) is 60.5 Å². The van der Waals surface area contributed by atoms with Crippen LogP contribution in [0.4, 0.5) is 0 Å². The van der Waals surface area contributed by atoms with Crippen molar-refractivity contribution in [2.24, 2.45) is 0 Å². The maximum atomic E-state index is 6.53. The molecule has 45 heavy (non-hydrogen) atoms. The minimum atomic E-state index is 0.00676. The SMILES string of the molecule is C1=CC2Oc3cc(-c4ccccc4)ccc3C2C=C1c1c2ccccc2c(-c2cccc(-c3ccccc3)c2)c2ccccc12. The number of hydrogen-bond acceptors (Lipinski definition) is 1. The number of rotatable bonds is 4. The maximum absolute atomic E-state index is 6.53. The summed E-state index contributed by atoms with van der Waals surface area (Å²) in [5.74, 6) is 1.15. The van der Waals surface area contributed by atoms with E-state index in [4.69, 9.17) is 4.74 Å². The van der Waals surface area contributed by atoms with Crippen molar-refractivity contribution in [2.45, 2.75) is 12.0 Å². The van der Waals surface area contributed by atoms with Gasteiger partial charge in [0.05, 0.1) is 0 Å². The van der Waals surface area contributed by atoms with Crippen molar-refractivity contribution in [3.05, 3.63) is 181 Å². The molecule has 0 N–H and O–H groups in total. The predicted octanol–water partition coefficient (Wildman–Crippen LogP) is 11.5. The van der Waals surface area contributed by atoms with E-state index >= 15 is 0 Å². The highest BCUT2D eigenvalue weighted by Gasteiger charge is 2.34. The Morgan fingerprint density at radius 3 is 1.60 bits per heavy atom. The summed E-state index contributed by atoms with van der Waals surface area (Å²) in [5, 5.41) is 5.07. The van der Waals surface area contributed by atoms with E-state index in [0.717, 1.165) is 5.75 Å². The first-order valence-corrected chi connectivity index (χ1v) is 15.7. The predicted molar refractivity (Wildman–Crippen MR) is 188 cm³/mol. The average molecular weight is 575 g/mol. The second kappa shape index (κ2) is 10.5. The van der Waals surface area contributed by atoms with Crippen LogP contribution in [0.5, 0.6) is 5.75 Å². The maximum Gasteiger partial charge on any atom is 0.128 e. The van der Waals surface area contributed by atoms with Crippen molar-refractivity contribution in [3.63, 3.8) is 0 Å². The standard InChI is InChI=1S/C44H30O/c1-3-12-29(13-4-1)31-16-11-17-33(26-31)43-36-18-7-9-20-38(36)44(39-21-10-8-19-37(39)43)34-23-25-41-40(27-34)35-24-22-32(28-42(35)45-41)30-14-5-2-6-15-30/h1-28,40-41H. The van der Waals surface area contributed by atoms with Gasteiger partial charge >= 0.3 is 0 Å². The van der Waals surface area contributed by atoms with Crippen molar-refractivity contribution in [1.29, 1.82) is 0 Å². The average Bonchev–Trinajstić information content (AvgIpc) is 3.48. The van der Waals surface area contributed by atoms with Crippen LogP contribution in [0.1, 0.15) is 17.0 Å². The summed E-state index contributed by atoms with van der Waals surface area (Å²) >= 11 is 0. The van der Waals surface area contributed by atoms with Gasteiger partial charge in [0.1, 0.15) is 11.9 Å². The lowest BCUT2D eigenvalue weighted by Gasteiger charge is -2.22. The number of benzene rings is 7. The van der Waals surface area contributed by atoms with Gasteiger partial charge in [-0.05, 0) is 84.3 Å². The number of hydrogen-bond donors (Lipinski definition) is 0. The molecule has 1 heteroatoms. The van der Waals surface area contributed by atoms with Crippen LogP contribution in [0.3, 0.4) is 0 Å². The molecule has 2 unspecified atom stereocenters. The normalized spacial score (nSPS) is 16.7. The summed E-state index contributed by atoms with van der Waals surface area (Å²) in [4.78, 5) is 0. The van der Waals surface area contributed by atoms with Gasteiger partial charge in [-0.3, -0.25) is 0 Å². The van der Waals surface area contributed by atoms with Crippen LogP contribution in [-0.2, 0) is 0 Å². The van der Waals surface area contributed by atoms with Crippen LogP contribution in [0.15, 0.2) is 170 Å². The van der Waals surface area contributed by atoms with E-state index < -0.39 is 0 Å². The Morgan fingerprint density at radius 2 is 0.956 bits per heavy atom. The summed E-state index contributed by atoms with van der Waals surface area (Å²) in [6.45, 7) is 0. The summed E-state index contributed by atoms with van der Waals surface area (Å²) in [6, 6.07) is 54.6. The van der Waals surface area contributed by atoms with Gasteiger partial charge in [0.2, 0.25) is 0 Å². The molecule has 7 aromatic carbocycles. The van der Waals surface area contributed by atoms with E-state index in [1.165, 1.54) is 71.6 Å². The highest BCUT2D eigenvalue weighted by molar-refractivity contribution is 6.19. The van der Waals surface area contributed by atoms with E-state index in [-0.39, 0.29) is 12.0 Å². The van der Waals surface area contributed by atoms with E-state index in [1.54, 1.807) is 0 Å². The summed E-state index contributed by atoms with van der Waals surface area (Å²) in [6.07, 6.45) is 6.97. The molecule has 0 fully saturated rings. The lowest BCUT2D eigenvalue weighted by atomic mass is 9.81. The second-order valence-electron chi connectivity index (χ2n) is 12.0. The zero-order chi connectivity index (χ0) is 29.7. The summed E-state index contributed by atoms with van der Waals surface area (Å²) < 4.78 is 6.53.